The fourth-order valence-corrected chi connectivity index (χ4v) is 1.30. The zero-order valence-corrected chi connectivity index (χ0v) is 9.23. The molecule has 0 saturated heterocycles. The van der Waals surface area contributed by atoms with Crippen molar-refractivity contribution in [2.75, 3.05) is 23.9 Å². The van der Waals surface area contributed by atoms with Gasteiger partial charge < -0.3 is 15.4 Å². The van der Waals surface area contributed by atoms with Crippen LogP contribution in [0, 0.1) is 0 Å². The van der Waals surface area contributed by atoms with Crippen molar-refractivity contribution in [2.24, 2.45) is 5.84 Å². The molecule has 0 atom stereocenters. The normalized spacial score (nSPS) is 11.3. The molecule has 0 aliphatic heterocycles. The van der Waals surface area contributed by atoms with Crippen LogP contribution in [0.2, 0.25) is 0 Å². The standard InChI is InChI=1S/C9H17N5O/c1-9(2,15)5-14(3)8-4-7(13-10)11-6-12-8/h4,6,15H,5,10H2,1-3H3,(H,11,12,13). The van der Waals surface area contributed by atoms with E-state index < -0.39 is 5.60 Å². The number of aliphatic hydroxyl groups is 1. The third kappa shape index (κ3) is 3.69. The van der Waals surface area contributed by atoms with Crippen molar-refractivity contribution in [1.82, 2.24) is 9.97 Å². The van der Waals surface area contributed by atoms with Crippen LogP contribution in [0.3, 0.4) is 0 Å². The highest BCUT2D eigenvalue weighted by Crippen LogP contribution is 2.14. The molecule has 1 aromatic heterocycles. The number of hydrogen-bond acceptors (Lipinski definition) is 6. The largest absolute Gasteiger partial charge is 0.389 e. The fourth-order valence-electron chi connectivity index (χ4n) is 1.30. The molecule has 0 amide bonds. The van der Waals surface area contributed by atoms with Crippen LogP contribution in [0.4, 0.5) is 11.6 Å². The van der Waals surface area contributed by atoms with Gasteiger partial charge in [0.05, 0.1) is 5.60 Å². The molecule has 0 aliphatic carbocycles. The molecule has 1 aromatic rings. The maximum Gasteiger partial charge on any atom is 0.145 e. The number of hydrogen-bond donors (Lipinski definition) is 3. The van der Waals surface area contributed by atoms with E-state index >= 15 is 0 Å². The summed E-state index contributed by atoms with van der Waals surface area (Å²) in [6.07, 6.45) is 1.42. The number of nitrogens with zero attached hydrogens (tertiary/aromatic N) is 3. The van der Waals surface area contributed by atoms with Gasteiger partial charge in [-0.3, -0.25) is 0 Å². The van der Waals surface area contributed by atoms with Gasteiger partial charge in [0.1, 0.15) is 18.0 Å². The van der Waals surface area contributed by atoms with Gasteiger partial charge in [0.15, 0.2) is 0 Å². The molecule has 6 nitrogen and oxygen atoms in total. The van der Waals surface area contributed by atoms with Gasteiger partial charge in [-0.15, -0.1) is 0 Å². The topological polar surface area (TPSA) is 87.3 Å². The minimum atomic E-state index is -0.768. The Bertz CT molecular complexity index is 323. The quantitative estimate of drug-likeness (QED) is 0.479. The minimum absolute atomic E-state index is 0.480. The lowest BCUT2D eigenvalue weighted by Gasteiger charge is -2.26. The van der Waals surface area contributed by atoms with Crippen molar-refractivity contribution in [1.29, 1.82) is 0 Å². The van der Waals surface area contributed by atoms with Crippen molar-refractivity contribution >= 4 is 11.6 Å². The van der Waals surface area contributed by atoms with Crippen molar-refractivity contribution in [3.63, 3.8) is 0 Å². The lowest BCUT2D eigenvalue weighted by molar-refractivity contribution is 0.0884. The molecule has 0 unspecified atom stereocenters. The first-order valence-electron chi connectivity index (χ1n) is 4.64. The Morgan fingerprint density at radius 2 is 2.20 bits per heavy atom. The van der Waals surface area contributed by atoms with Crippen molar-refractivity contribution in [3.05, 3.63) is 12.4 Å². The second kappa shape index (κ2) is 4.41. The number of rotatable bonds is 4. The third-order valence-corrected chi connectivity index (χ3v) is 1.82. The first kappa shape index (κ1) is 11.7. The Labute approximate surface area is 89.1 Å². The summed E-state index contributed by atoms with van der Waals surface area (Å²) < 4.78 is 0. The highest BCUT2D eigenvalue weighted by atomic mass is 16.3. The summed E-state index contributed by atoms with van der Waals surface area (Å²) in [6.45, 7) is 3.97. The van der Waals surface area contributed by atoms with Crippen LogP contribution in [0.15, 0.2) is 12.4 Å². The van der Waals surface area contributed by atoms with Crippen LogP contribution in [0.1, 0.15) is 13.8 Å². The van der Waals surface area contributed by atoms with Gasteiger partial charge in [-0.1, -0.05) is 0 Å². The van der Waals surface area contributed by atoms with E-state index in [-0.39, 0.29) is 0 Å². The molecule has 1 heterocycles. The highest BCUT2D eigenvalue weighted by Gasteiger charge is 2.16. The van der Waals surface area contributed by atoms with E-state index in [0.29, 0.717) is 18.2 Å². The molecule has 0 spiro atoms. The van der Waals surface area contributed by atoms with Crippen LogP contribution < -0.4 is 16.2 Å². The Morgan fingerprint density at radius 3 is 2.73 bits per heavy atom. The van der Waals surface area contributed by atoms with Gasteiger partial charge >= 0.3 is 0 Å². The Kier molecular flexibility index (Phi) is 3.43. The van der Waals surface area contributed by atoms with Crippen molar-refractivity contribution in [2.45, 2.75) is 19.4 Å². The molecule has 15 heavy (non-hydrogen) atoms. The van der Waals surface area contributed by atoms with Gasteiger partial charge in [-0.2, -0.15) is 0 Å². The molecular formula is C9H17N5O. The lowest BCUT2D eigenvalue weighted by Crippen LogP contribution is -2.36. The summed E-state index contributed by atoms with van der Waals surface area (Å²) in [6, 6.07) is 1.71. The minimum Gasteiger partial charge on any atom is -0.389 e. The first-order valence-corrected chi connectivity index (χ1v) is 4.64. The van der Waals surface area contributed by atoms with Crippen LogP contribution >= 0.6 is 0 Å². The molecule has 0 aliphatic rings. The zero-order valence-electron chi connectivity index (χ0n) is 9.23. The summed E-state index contributed by atoms with van der Waals surface area (Å²) in [5, 5.41) is 9.65. The predicted octanol–water partition coefficient (Wildman–Crippen LogP) is -0.0307. The van der Waals surface area contributed by atoms with E-state index in [2.05, 4.69) is 15.4 Å². The smallest absolute Gasteiger partial charge is 0.145 e. The molecule has 0 aromatic carbocycles. The Balaban J connectivity index is 2.77. The van der Waals surface area contributed by atoms with Crippen LogP contribution in [0.25, 0.3) is 0 Å². The number of nitrogens with one attached hydrogen (secondary N) is 1. The number of nitrogen functional groups attached to an aromatic ring is 1. The van der Waals surface area contributed by atoms with Gasteiger partial charge in [0.25, 0.3) is 0 Å². The second-order valence-corrected chi connectivity index (χ2v) is 4.07. The maximum absolute atomic E-state index is 9.65. The third-order valence-electron chi connectivity index (χ3n) is 1.82. The van der Waals surface area contributed by atoms with Gasteiger partial charge in [-0.25, -0.2) is 15.8 Å². The average molecular weight is 211 g/mol. The molecule has 0 fully saturated rings. The van der Waals surface area contributed by atoms with E-state index in [1.807, 2.05) is 11.9 Å². The molecule has 0 bridgehead atoms. The molecular weight excluding hydrogens is 194 g/mol. The maximum atomic E-state index is 9.65. The monoisotopic (exact) mass is 211 g/mol. The Hall–Kier alpha value is -1.40. The number of aromatic nitrogens is 2. The molecule has 84 valence electrons. The second-order valence-electron chi connectivity index (χ2n) is 4.07. The van der Waals surface area contributed by atoms with Gasteiger partial charge in [-0.05, 0) is 13.8 Å². The zero-order chi connectivity index (χ0) is 11.5. The van der Waals surface area contributed by atoms with Crippen molar-refractivity contribution < 1.29 is 5.11 Å². The SMILES string of the molecule is CN(CC(C)(C)O)c1cc(NN)ncn1. The number of nitrogens with two attached hydrogens (primary N) is 1. The number of hydrazine groups is 1. The van der Waals surface area contributed by atoms with Crippen molar-refractivity contribution in [3.8, 4) is 0 Å². The van der Waals surface area contributed by atoms with E-state index in [4.69, 9.17) is 5.84 Å². The van der Waals surface area contributed by atoms with Crippen LogP contribution in [0.5, 0.6) is 0 Å². The summed E-state index contributed by atoms with van der Waals surface area (Å²) in [4.78, 5) is 9.82. The van der Waals surface area contributed by atoms with E-state index in [0.717, 1.165) is 0 Å². The Morgan fingerprint density at radius 1 is 1.53 bits per heavy atom. The summed E-state index contributed by atoms with van der Waals surface area (Å²) in [7, 11) is 1.85. The lowest BCUT2D eigenvalue weighted by atomic mass is 10.1. The molecule has 1 rings (SSSR count). The molecule has 0 saturated carbocycles. The average Bonchev–Trinajstić information content (AvgIpc) is 2.15. The first-order chi connectivity index (χ1) is 6.92. The number of likely N-dealkylation sites (N-methyl/N-ethyl adjacent to an activating group) is 1. The van der Waals surface area contributed by atoms with Crippen LogP contribution in [-0.4, -0.2) is 34.3 Å². The van der Waals surface area contributed by atoms with E-state index in [9.17, 15) is 5.11 Å². The van der Waals surface area contributed by atoms with Gasteiger partial charge in [0, 0.05) is 19.7 Å². The van der Waals surface area contributed by atoms with Crippen LogP contribution in [-0.2, 0) is 0 Å². The fraction of sp³-hybridized carbons (Fsp3) is 0.556. The van der Waals surface area contributed by atoms with E-state index in [1.54, 1.807) is 19.9 Å². The summed E-state index contributed by atoms with van der Waals surface area (Å²) in [5.41, 5.74) is 1.68. The summed E-state index contributed by atoms with van der Waals surface area (Å²) in [5.74, 6) is 6.49. The molecule has 4 N–H and O–H groups in total. The van der Waals surface area contributed by atoms with E-state index in [1.165, 1.54) is 6.33 Å². The highest BCUT2D eigenvalue weighted by molar-refractivity contribution is 5.47. The van der Waals surface area contributed by atoms with Gasteiger partial charge in [0.2, 0.25) is 0 Å². The molecule has 6 heteroatoms. The molecule has 0 radical (unpaired) electrons. The predicted molar refractivity (Wildman–Crippen MR) is 59.4 cm³/mol. The summed E-state index contributed by atoms with van der Waals surface area (Å²) >= 11 is 0. The number of anilines is 2.